The van der Waals surface area contributed by atoms with E-state index < -0.39 is 0 Å². The minimum Gasteiger partial charge on any atom is -0.354 e. The van der Waals surface area contributed by atoms with Crippen LogP contribution in [0.4, 0.5) is 5.82 Å². The number of fused-ring (bicyclic) bond motifs is 1. The van der Waals surface area contributed by atoms with Crippen molar-refractivity contribution in [2.24, 2.45) is 0 Å². The van der Waals surface area contributed by atoms with Crippen molar-refractivity contribution in [1.29, 1.82) is 0 Å². The predicted octanol–water partition coefficient (Wildman–Crippen LogP) is 0.488. The van der Waals surface area contributed by atoms with E-state index in [1.165, 1.54) is 12.8 Å². The van der Waals surface area contributed by atoms with Crippen LogP contribution in [0.5, 0.6) is 0 Å². The van der Waals surface area contributed by atoms with Gasteiger partial charge < -0.3 is 10.2 Å². The average Bonchev–Trinajstić information content (AvgIpc) is 3.08. The Balaban J connectivity index is 1.87. The Labute approximate surface area is 112 Å². The molecule has 7 heteroatoms. The van der Waals surface area contributed by atoms with Crippen molar-refractivity contribution < 1.29 is 0 Å². The van der Waals surface area contributed by atoms with E-state index in [2.05, 4.69) is 37.6 Å². The largest absolute Gasteiger partial charge is 0.354 e. The molecule has 2 aromatic rings. The zero-order valence-corrected chi connectivity index (χ0v) is 11.2. The first-order chi connectivity index (χ1) is 9.38. The normalized spacial score (nSPS) is 19.1. The zero-order chi connectivity index (χ0) is 13.1. The minimum atomic E-state index is 0.554. The summed E-state index contributed by atoms with van der Waals surface area (Å²) in [5.41, 5.74) is 0.693. The Hall–Kier alpha value is -1.76. The lowest BCUT2D eigenvalue weighted by Crippen LogP contribution is -2.39. The lowest BCUT2D eigenvalue weighted by Gasteiger charge is -2.26. The molecule has 3 rings (SSSR count). The van der Waals surface area contributed by atoms with Crippen molar-refractivity contribution in [3.05, 3.63) is 12.4 Å². The van der Waals surface area contributed by atoms with Gasteiger partial charge in [-0.3, -0.25) is 4.98 Å². The Bertz CT molecular complexity index is 532. The number of nitrogens with zero attached hydrogens (tertiary/aromatic N) is 6. The SMILES string of the molecule is CCCN(CC1CCCN1)c1cncc2nnnn12. The van der Waals surface area contributed by atoms with E-state index in [1.54, 1.807) is 10.7 Å². The molecule has 7 nitrogen and oxygen atoms in total. The molecule has 3 heterocycles. The topological polar surface area (TPSA) is 71.2 Å². The zero-order valence-electron chi connectivity index (χ0n) is 11.2. The molecule has 19 heavy (non-hydrogen) atoms. The van der Waals surface area contributed by atoms with Gasteiger partial charge >= 0.3 is 0 Å². The fourth-order valence-electron chi connectivity index (χ4n) is 2.63. The van der Waals surface area contributed by atoms with Gasteiger partial charge in [0.05, 0.1) is 12.4 Å². The van der Waals surface area contributed by atoms with Gasteiger partial charge in [-0.1, -0.05) is 6.92 Å². The van der Waals surface area contributed by atoms with Gasteiger partial charge in [0.25, 0.3) is 0 Å². The van der Waals surface area contributed by atoms with Gasteiger partial charge in [-0.15, -0.1) is 5.10 Å². The lowest BCUT2D eigenvalue weighted by atomic mass is 10.2. The van der Waals surface area contributed by atoms with Crippen molar-refractivity contribution in [2.45, 2.75) is 32.2 Å². The molecule has 2 aromatic heterocycles. The molecule has 0 aromatic carbocycles. The molecule has 0 spiro atoms. The van der Waals surface area contributed by atoms with Crippen LogP contribution in [0.25, 0.3) is 5.65 Å². The molecular formula is C12H19N7. The van der Waals surface area contributed by atoms with E-state index in [0.717, 1.165) is 31.9 Å². The molecule has 1 unspecified atom stereocenters. The summed E-state index contributed by atoms with van der Waals surface area (Å²) in [6, 6.07) is 0.554. The molecular weight excluding hydrogens is 242 g/mol. The number of rotatable bonds is 5. The van der Waals surface area contributed by atoms with Crippen molar-refractivity contribution >= 4 is 11.5 Å². The Morgan fingerprint density at radius 1 is 1.47 bits per heavy atom. The third-order valence-electron chi connectivity index (χ3n) is 3.51. The van der Waals surface area contributed by atoms with Crippen LogP contribution in [-0.2, 0) is 0 Å². The Morgan fingerprint density at radius 2 is 2.42 bits per heavy atom. The summed E-state index contributed by atoms with van der Waals surface area (Å²) in [6.45, 7) is 5.27. The number of hydrogen-bond acceptors (Lipinski definition) is 6. The molecule has 1 fully saturated rings. The number of tetrazole rings is 1. The van der Waals surface area contributed by atoms with E-state index in [0.29, 0.717) is 11.7 Å². The quantitative estimate of drug-likeness (QED) is 0.844. The van der Waals surface area contributed by atoms with Crippen molar-refractivity contribution in [1.82, 2.24) is 30.3 Å². The molecule has 1 aliphatic heterocycles. The molecule has 1 saturated heterocycles. The standard InChI is InChI=1S/C12H19N7/c1-2-6-18(9-10-4-3-5-14-10)12-8-13-7-11-15-16-17-19(11)12/h7-8,10,14H,2-6,9H2,1H3. The summed E-state index contributed by atoms with van der Waals surface area (Å²) in [4.78, 5) is 6.56. The van der Waals surface area contributed by atoms with Gasteiger partial charge in [-0.05, 0) is 36.2 Å². The van der Waals surface area contributed by atoms with Crippen LogP contribution < -0.4 is 10.2 Å². The van der Waals surface area contributed by atoms with Gasteiger partial charge in [-0.25, -0.2) is 0 Å². The fourth-order valence-corrected chi connectivity index (χ4v) is 2.63. The monoisotopic (exact) mass is 261 g/mol. The second-order valence-electron chi connectivity index (χ2n) is 4.95. The highest BCUT2D eigenvalue weighted by molar-refractivity contribution is 5.46. The Morgan fingerprint density at radius 3 is 3.21 bits per heavy atom. The average molecular weight is 261 g/mol. The molecule has 1 atom stereocenters. The minimum absolute atomic E-state index is 0.554. The summed E-state index contributed by atoms with van der Waals surface area (Å²) < 4.78 is 1.76. The second kappa shape index (κ2) is 5.48. The van der Waals surface area contributed by atoms with Gasteiger partial charge in [0.1, 0.15) is 0 Å². The van der Waals surface area contributed by atoms with Crippen LogP contribution in [0.2, 0.25) is 0 Å². The number of aromatic nitrogens is 5. The molecule has 0 radical (unpaired) electrons. The van der Waals surface area contributed by atoms with E-state index in [9.17, 15) is 0 Å². The lowest BCUT2D eigenvalue weighted by molar-refractivity contribution is 0.570. The van der Waals surface area contributed by atoms with Crippen molar-refractivity contribution in [3.8, 4) is 0 Å². The highest BCUT2D eigenvalue weighted by Crippen LogP contribution is 2.16. The molecule has 1 aliphatic rings. The van der Waals surface area contributed by atoms with Crippen LogP contribution in [0.1, 0.15) is 26.2 Å². The summed E-state index contributed by atoms with van der Waals surface area (Å²) in [5, 5.41) is 15.3. The summed E-state index contributed by atoms with van der Waals surface area (Å²) >= 11 is 0. The van der Waals surface area contributed by atoms with Crippen molar-refractivity contribution in [2.75, 3.05) is 24.5 Å². The first-order valence-corrected chi connectivity index (χ1v) is 6.89. The summed E-state index contributed by atoms with van der Waals surface area (Å²) in [5.74, 6) is 0.970. The van der Waals surface area contributed by atoms with Gasteiger partial charge in [0, 0.05) is 19.1 Å². The highest BCUT2D eigenvalue weighted by Gasteiger charge is 2.20. The van der Waals surface area contributed by atoms with Crippen molar-refractivity contribution in [3.63, 3.8) is 0 Å². The number of nitrogens with one attached hydrogen (secondary N) is 1. The molecule has 0 aliphatic carbocycles. The number of anilines is 1. The molecule has 0 bridgehead atoms. The first-order valence-electron chi connectivity index (χ1n) is 6.89. The molecule has 0 amide bonds. The van der Waals surface area contributed by atoms with E-state index >= 15 is 0 Å². The van der Waals surface area contributed by atoms with Gasteiger partial charge in [0.2, 0.25) is 0 Å². The highest BCUT2D eigenvalue weighted by atomic mass is 15.5. The second-order valence-corrected chi connectivity index (χ2v) is 4.95. The van der Waals surface area contributed by atoms with Gasteiger partial charge in [0.15, 0.2) is 11.5 Å². The Kier molecular flexibility index (Phi) is 3.54. The third-order valence-corrected chi connectivity index (χ3v) is 3.51. The van der Waals surface area contributed by atoms with Crippen LogP contribution in [0.15, 0.2) is 12.4 Å². The molecule has 1 N–H and O–H groups in total. The van der Waals surface area contributed by atoms with Crippen LogP contribution in [0.3, 0.4) is 0 Å². The number of hydrogen-bond donors (Lipinski definition) is 1. The van der Waals surface area contributed by atoms with E-state index in [-0.39, 0.29) is 0 Å². The smallest absolute Gasteiger partial charge is 0.199 e. The van der Waals surface area contributed by atoms with Crippen LogP contribution in [-0.4, -0.2) is 50.7 Å². The van der Waals surface area contributed by atoms with Crippen LogP contribution in [0, 0.1) is 0 Å². The molecule has 0 saturated carbocycles. The first kappa shape index (κ1) is 12.3. The fraction of sp³-hybridized carbons (Fsp3) is 0.667. The third kappa shape index (κ3) is 2.51. The predicted molar refractivity (Wildman–Crippen MR) is 72.1 cm³/mol. The van der Waals surface area contributed by atoms with Crippen LogP contribution >= 0.6 is 0 Å². The summed E-state index contributed by atoms with van der Waals surface area (Å²) in [6.07, 6.45) is 7.11. The summed E-state index contributed by atoms with van der Waals surface area (Å²) in [7, 11) is 0. The van der Waals surface area contributed by atoms with Gasteiger partial charge in [-0.2, -0.15) is 4.52 Å². The van der Waals surface area contributed by atoms with E-state index in [4.69, 9.17) is 0 Å². The maximum Gasteiger partial charge on any atom is 0.199 e. The maximum atomic E-state index is 4.24. The molecule has 102 valence electrons. The maximum absolute atomic E-state index is 4.24. The van der Waals surface area contributed by atoms with E-state index in [1.807, 2.05) is 6.20 Å².